The Morgan fingerprint density at radius 3 is 2.86 bits per heavy atom. The molecule has 1 aromatic heterocycles. The lowest BCUT2D eigenvalue weighted by Gasteiger charge is -2.28. The largest absolute Gasteiger partial charge is 0.454 e. The van der Waals surface area contributed by atoms with Crippen molar-refractivity contribution >= 4 is 11.8 Å². The van der Waals surface area contributed by atoms with Crippen LogP contribution in [0, 0.1) is 0 Å². The summed E-state index contributed by atoms with van der Waals surface area (Å²) in [7, 11) is 0. The second-order valence-electron chi connectivity index (χ2n) is 6.78. The van der Waals surface area contributed by atoms with E-state index in [9.17, 15) is 4.79 Å². The second-order valence-corrected chi connectivity index (χ2v) is 6.78. The standard InChI is InChI=1S/C20H24N4O4/c1-14(16-2-3-17-18(11-16)28-13-27-17)23-20(25)22-12-15-4-5-21-19(10-15)24-6-8-26-9-7-24/h2-5,10-11,14H,6-9,12-13H2,1H3,(H2,22,23,25)/t14-/m0/s1. The van der Waals surface area contributed by atoms with E-state index in [1.807, 2.05) is 37.3 Å². The highest BCUT2D eigenvalue weighted by Crippen LogP contribution is 2.34. The maximum absolute atomic E-state index is 12.3. The fraction of sp³-hybridized carbons (Fsp3) is 0.400. The molecule has 0 aliphatic carbocycles. The normalized spacial score (nSPS) is 16.5. The van der Waals surface area contributed by atoms with Gasteiger partial charge in [-0.1, -0.05) is 6.07 Å². The molecule has 0 saturated carbocycles. The molecule has 148 valence electrons. The third-order valence-corrected chi connectivity index (χ3v) is 4.84. The summed E-state index contributed by atoms with van der Waals surface area (Å²) in [6.07, 6.45) is 1.77. The number of nitrogens with zero attached hydrogens (tertiary/aromatic N) is 2. The molecule has 2 N–H and O–H groups in total. The van der Waals surface area contributed by atoms with Crippen LogP contribution >= 0.6 is 0 Å². The average molecular weight is 384 g/mol. The van der Waals surface area contributed by atoms with Gasteiger partial charge < -0.3 is 29.7 Å². The number of hydrogen-bond acceptors (Lipinski definition) is 6. The summed E-state index contributed by atoms with van der Waals surface area (Å²) in [6, 6.07) is 9.21. The van der Waals surface area contributed by atoms with Gasteiger partial charge >= 0.3 is 6.03 Å². The van der Waals surface area contributed by atoms with E-state index in [2.05, 4.69) is 20.5 Å². The second kappa shape index (κ2) is 8.35. The number of hydrogen-bond donors (Lipinski definition) is 2. The first kappa shape index (κ1) is 18.4. The van der Waals surface area contributed by atoms with Gasteiger partial charge in [0.25, 0.3) is 0 Å². The van der Waals surface area contributed by atoms with Gasteiger partial charge in [-0.15, -0.1) is 0 Å². The first-order valence-corrected chi connectivity index (χ1v) is 9.40. The van der Waals surface area contributed by atoms with Gasteiger partial charge in [0.1, 0.15) is 5.82 Å². The molecule has 8 nitrogen and oxygen atoms in total. The Labute approximate surface area is 163 Å². The van der Waals surface area contributed by atoms with Crippen molar-refractivity contribution < 1.29 is 19.0 Å². The highest BCUT2D eigenvalue weighted by Gasteiger charge is 2.17. The molecule has 3 heterocycles. The van der Waals surface area contributed by atoms with Crippen LogP contribution < -0.4 is 25.0 Å². The Hall–Kier alpha value is -3.00. The number of amides is 2. The van der Waals surface area contributed by atoms with E-state index in [1.165, 1.54) is 0 Å². The van der Waals surface area contributed by atoms with Crippen LogP contribution in [-0.2, 0) is 11.3 Å². The number of aromatic nitrogens is 1. The zero-order valence-electron chi connectivity index (χ0n) is 15.8. The van der Waals surface area contributed by atoms with Crippen molar-refractivity contribution in [1.29, 1.82) is 0 Å². The van der Waals surface area contributed by atoms with Crippen LogP contribution in [0.4, 0.5) is 10.6 Å². The number of anilines is 1. The van der Waals surface area contributed by atoms with Crippen molar-refractivity contribution in [2.24, 2.45) is 0 Å². The average Bonchev–Trinajstić information content (AvgIpc) is 3.21. The quantitative estimate of drug-likeness (QED) is 0.822. The number of nitrogens with one attached hydrogen (secondary N) is 2. The fourth-order valence-corrected chi connectivity index (χ4v) is 3.23. The van der Waals surface area contributed by atoms with Crippen molar-refractivity contribution in [1.82, 2.24) is 15.6 Å². The monoisotopic (exact) mass is 384 g/mol. The lowest BCUT2D eigenvalue weighted by molar-refractivity contribution is 0.122. The molecule has 28 heavy (non-hydrogen) atoms. The minimum atomic E-state index is -0.227. The van der Waals surface area contributed by atoms with Gasteiger partial charge in [0.2, 0.25) is 6.79 Å². The molecular formula is C20H24N4O4. The fourth-order valence-electron chi connectivity index (χ4n) is 3.23. The summed E-state index contributed by atoms with van der Waals surface area (Å²) < 4.78 is 16.1. The number of pyridine rings is 1. The van der Waals surface area contributed by atoms with Crippen LogP contribution in [0.2, 0.25) is 0 Å². The van der Waals surface area contributed by atoms with E-state index < -0.39 is 0 Å². The minimum absolute atomic E-state index is 0.157. The Balaban J connectivity index is 1.30. The zero-order valence-corrected chi connectivity index (χ0v) is 15.8. The van der Waals surface area contributed by atoms with Gasteiger partial charge in [-0.3, -0.25) is 0 Å². The number of carbonyl (C=O) groups excluding carboxylic acids is 1. The summed E-state index contributed by atoms with van der Waals surface area (Å²) >= 11 is 0. The minimum Gasteiger partial charge on any atom is -0.454 e. The molecular weight excluding hydrogens is 360 g/mol. The van der Waals surface area contributed by atoms with Crippen LogP contribution in [0.1, 0.15) is 24.1 Å². The van der Waals surface area contributed by atoms with Crippen molar-refractivity contribution in [3.8, 4) is 11.5 Å². The topological polar surface area (TPSA) is 85.0 Å². The Morgan fingerprint density at radius 1 is 1.18 bits per heavy atom. The van der Waals surface area contributed by atoms with E-state index in [1.54, 1.807) is 6.20 Å². The molecule has 1 atom stereocenters. The Morgan fingerprint density at radius 2 is 2.00 bits per heavy atom. The first-order chi connectivity index (χ1) is 13.7. The number of morpholine rings is 1. The molecule has 0 bridgehead atoms. The summed E-state index contributed by atoms with van der Waals surface area (Å²) in [5.41, 5.74) is 1.96. The van der Waals surface area contributed by atoms with Crippen LogP contribution in [0.3, 0.4) is 0 Å². The molecule has 1 saturated heterocycles. The third kappa shape index (κ3) is 4.28. The molecule has 1 aromatic carbocycles. The van der Waals surface area contributed by atoms with Crippen molar-refractivity contribution in [3.63, 3.8) is 0 Å². The van der Waals surface area contributed by atoms with Crippen molar-refractivity contribution in [3.05, 3.63) is 47.7 Å². The predicted octanol–water partition coefficient (Wildman–Crippen LogP) is 2.21. The zero-order chi connectivity index (χ0) is 19.3. The van der Waals surface area contributed by atoms with E-state index in [-0.39, 0.29) is 18.9 Å². The number of urea groups is 1. The lowest BCUT2D eigenvalue weighted by Crippen LogP contribution is -2.37. The number of carbonyl (C=O) groups is 1. The van der Waals surface area contributed by atoms with Crippen LogP contribution in [-0.4, -0.2) is 44.1 Å². The predicted molar refractivity (Wildman–Crippen MR) is 104 cm³/mol. The number of fused-ring (bicyclic) bond motifs is 1. The number of rotatable bonds is 5. The maximum Gasteiger partial charge on any atom is 0.315 e. The number of ether oxygens (including phenoxy) is 3. The number of benzene rings is 1. The SMILES string of the molecule is C[C@H](NC(=O)NCc1ccnc(N2CCOCC2)c1)c1ccc2c(c1)OCO2. The molecule has 0 radical (unpaired) electrons. The molecule has 4 rings (SSSR count). The Kier molecular flexibility index (Phi) is 5.48. The smallest absolute Gasteiger partial charge is 0.315 e. The van der Waals surface area contributed by atoms with Crippen LogP contribution in [0.25, 0.3) is 0 Å². The molecule has 2 aliphatic rings. The van der Waals surface area contributed by atoms with E-state index in [4.69, 9.17) is 14.2 Å². The highest BCUT2D eigenvalue weighted by molar-refractivity contribution is 5.74. The summed E-state index contributed by atoms with van der Waals surface area (Å²) in [6.45, 7) is 5.68. The summed E-state index contributed by atoms with van der Waals surface area (Å²) in [5, 5.41) is 5.85. The molecule has 8 heteroatoms. The van der Waals surface area contributed by atoms with Gasteiger partial charge in [-0.25, -0.2) is 9.78 Å². The van der Waals surface area contributed by atoms with Crippen LogP contribution in [0.15, 0.2) is 36.5 Å². The molecule has 2 aromatic rings. The molecule has 1 fully saturated rings. The van der Waals surface area contributed by atoms with E-state index in [0.717, 1.165) is 35.8 Å². The van der Waals surface area contributed by atoms with Gasteiger partial charge in [-0.05, 0) is 42.3 Å². The van der Waals surface area contributed by atoms with Crippen molar-refractivity contribution in [2.45, 2.75) is 19.5 Å². The van der Waals surface area contributed by atoms with Gasteiger partial charge in [0, 0.05) is 25.8 Å². The summed E-state index contributed by atoms with van der Waals surface area (Å²) in [5.74, 6) is 2.35. The third-order valence-electron chi connectivity index (χ3n) is 4.84. The maximum atomic E-state index is 12.3. The first-order valence-electron chi connectivity index (χ1n) is 9.40. The van der Waals surface area contributed by atoms with E-state index in [0.29, 0.717) is 25.5 Å². The summed E-state index contributed by atoms with van der Waals surface area (Å²) in [4.78, 5) is 18.9. The lowest BCUT2D eigenvalue weighted by atomic mass is 10.1. The van der Waals surface area contributed by atoms with E-state index >= 15 is 0 Å². The van der Waals surface area contributed by atoms with Crippen molar-refractivity contribution in [2.75, 3.05) is 38.0 Å². The van der Waals surface area contributed by atoms with Gasteiger partial charge in [0.15, 0.2) is 11.5 Å². The Bertz CT molecular complexity index is 839. The molecule has 2 amide bonds. The molecule has 0 spiro atoms. The van der Waals surface area contributed by atoms with Gasteiger partial charge in [0.05, 0.1) is 19.3 Å². The molecule has 0 unspecified atom stereocenters. The van der Waals surface area contributed by atoms with Gasteiger partial charge in [-0.2, -0.15) is 0 Å². The molecule has 2 aliphatic heterocycles. The highest BCUT2D eigenvalue weighted by atomic mass is 16.7. The van der Waals surface area contributed by atoms with Crippen LogP contribution in [0.5, 0.6) is 11.5 Å².